The summed E-state index contributed by atoms with van der Waals surface area (Å²) in [5, 5.41) is 4.00. The summed E-state index contributed by atoms with van der Waals surface area (Å²) in [7, 11) is 0. The van der Waals surface area contributed by atoms with E-state index in [1.165, 1.54) is 18.5 Å². The Morgan fingerprint density at radius 1 is 0.947 bits per heavy atom. The van der Waals surface area contributed by atoms with E-state index in [1.54, 1.807) is 12.1 Å². The molecule has 3 aromatic rings. The molecule has 2 aromatic carbocycles. The van der Waals surface area contributed by atoms with Gasteiger partial charge in [0.05, 0.1) is 5.52 Å². The molecule has 0 bridgehead atoms. The van der Waals surface area contributed by atoms with Crippen molar-refractivity contribution in [1.29, 1.82) is 0 Å². The predicted molar refractivity (Wildman–Crippen MR) is 76.5 cm³/mol. The van der Waals surface area contributed by atoms with Crippen molar-refractivity contribution in [2.24, 2.45) is 0 Å². The topological polar surface area (TPSA) is 37.8 Å². The first-order chi connectivity index (χ1) is 8.83. The predicted octanol–water partition coefficient (Wildman–Crippen LogP) is 3.93. The zero-order valence-corrected chi connectivity index (χ0v) is 10.7. The van der Waals surface area contributed by atoms with Crippen LogP contribution in [-0.4, -0.2) is 9.97 Å². The fraction of sp³-hybridized carbons (Fsp3) is 0. The fourth-order valence-electron chi connectivity index (χ4n) is 1.81. The molecular formula is C14H11ClFN3. The summed E-state index contributed by atoms with van der Waals surface area (Å²) >= 11 is 0. The Balaban J connectivity index is 0.00000133. The molecule has 19 heavy (non-hydrogen) atoms. The fourth-order valence-corrected chi connectivity index (χ4v) is 1.81. The van der Waals surface area contributed by atoms with E-state index >= 15 is 0 Å². The Bertz CT molecular complexity index is 698. The Morgan fingerprint density at radius 2 is 1.79 bits per heavy atom. The van der Waals surface area contributed by atoms with Gasteiger partial charge in [-0.3, -0.25) is 0 Å². The first-order valence-electron chi connectivity index (χ1n) is 5.55. The minimum atomic E-state index is -0.279. The van der Waals surface area contributed by atoms with Crippen LogP contribution in [0.3, 0.4) is 0 Å². The Labute approximate surface area is 115 Å². The monoisotopic (exact) mass is 275 g/mol. The van der Waals surface area contributed by atoms with Crippen LogP contribution in [0.25, 0.3) is 10.9 Å². The van der Waals surface area contributed by atoms with Crippen molar-refractivity contribution in [3.8, 4) is 0 Å². The van der Waals surface area contributed by atoms with Gasteiger partial charge in [0, 0.05) is 11.1 Å². The molecule has 0 spiro atoms. The molecule has 0 aliphatic carbocycles. The molecule has 0 fully saturated rings. The number of aromatic nitrogens is 2. The normalized spacial score (nSPS) is 9.95. The molecule has 3 nitrogen and oxygen atoms in total. The van der Waals surface area contributed by atoms with E-state index in [2.05, 4.69) is 15.3 Å². The smallest absolute Gasteiger partial charge is 0.141 e. The third-order valence-electron chi connectivity index (χ3n) is 2.63. The maximum Gasteiger partial charge on any atom is 0.141 e. The molecule has 0 aliphatic heterocycles. The summed E-state index contributed by atoms with van der Waals surface area (Å²) in [6.45, 7) is 0. The zero-order chi connectivity index (χ0) is 12.4. The van der Waals surface area contributed by atoms with Crippen LogP contribution in [0, 0.1) is 5.82 Å². The maximum atomic E-state index is 13.1. The van der Waals surface area contributed by atoms with E-state index in [0.717, 1.165) is 10.9 Å². The van der Waals surface area contributed by atoms with Crippen molar-refractivity contribution >= 4 is 34.8 Å². The summed E-state index contributed by atoms with van der Waals surface area (Å²) in [6, 6.07) is 14.0. The van der Waals surface area contributed by atoms with Gasteiger partial charge in [-0.15, -0.1) is 12.4 Å². The largest absolute Gasteiger partial charge is 0.340 e. The van der Waals surface area contributed by atoms with Gasteiger partial charge in [-0.05, 0) is 30.3 Å². The van der Waals surface area contributed by atoms with Gasteiger partial charge in [-0.2, -0.15) is 0 Å². The molecule has 1 aromatic heterocycles. The average Bonchev–Trinajstić information content (AvgIpc) is 2.39. The lowest BCUT2D eigenvalue weighted by Gasteiger charge is -2.07. The summed E-state index contributed by atoms with van der Waals surface area (Å²) in [4.78, 5) is 8.36. The highest BCUT2D eigenvalue weighted by Gasteiger charge is 2.03. The number of halogens is 2. The minimum absolute atomic E-state index is 0. The first-order valence-corrected chi connectivity index (χ1v) is 5.55. The highest BCUT2D eigenvalue weighted by atomic mass is 35.5. The molecule has 5 heteroatoms. The number of nitrogens with one attached hydrogen (secondary N) is 1. The highest BCUT2D eigenvalue weighted by Crippen LogP contribution is 2.22. The molecule has 0 atom stereocenters. The second-order valence-electron chi connectivity index (χ2n) is 3.87. The SMILES string of the molecule is Cl.Fc1cccc(Nc2ncnc3ccccc23)c1. The molecule has 0 aliphatic rings. The molecule has 0 saturated heterocycles. The van der Waals surface area contributed by atoms with Crippen LogP contribution in [0.4, 0.5) is 15.9 Å². The van der Waals surface area contributed by atoms with Crippen molar-refractivity contribution in [2.75, 3.05) is 5.32 Å². The molecule has 1 heterocycles. The van der Waals surface area contributed by atoms with Crippen molar-refractivity contribution in [1.82, 2.24) is 9.97 Å². The second kappa shape index (κ2) is 5.63. The summed E-state index contributed by atoms with van der Waals surface area (Å²) in [5.41, 5.74) is 1.52. The van der Waals surface area contributed by atoms with Crippen LogP contribution < -0.4 is 5.32 Å². The van der Waals surface area contributed by atoms with Gasteiger partial charge in [0.1, 0.15) is 18.0 Å². The summed E-state index contributed by atoms with van der Waals surface area (Å²) < 4.78 is 13.1. The molecule has 0 unspecified atom stereocenters. The third-order valence-corrected chi connectivity index (χ3v) is 2.63. The Kier molecular flexibility index (Phi) is 3.92. The number of anilines is 2. The number of hydrogen-bond acceptors (Lipinski definition) is 3. The highest BCUT2D eigenvalue weighted by molar-refractivity contribution is 5.90. The number of hydrogen-bond donors (Lipinski definition) is 1. The van der Waals surface area contributed by atoms with Crippen molar-refractivity contribution in [3.63, 3.8) is 0 Å². The lowest BCUT2D eigenvalue weighted by atomic mass is 10.2. The zero-order valence-electron chi connectivity index (χ0n) is 9.88. The van der Waals surface area contributed by atoms with Crippen LogP contribution in [-0.2, 0) is 0 Å². The number of rotatable bonds is 2. The lowest BCUT2D eigenvalue weighted by Crippen LogP contribution is -1.96. The van der Waals surface area contributed by atoms with Gasteiger partial charge in [-0.1, -0.05) is 18.2 Å². The van der Waals surface area contributed by atoms with E-state index in [1.807, 2.05) is 24.3 Å². The lowest BCUT2D eigenvalue weighted by molar-refractivity contribution is 0.628. The second-order valence-corrected chi connectivity index (χ2v) is 3.87. The standard InChI is InChI=1S/C14H10FN3.ClH/c15-10-4-3-5-11(8-10)18-14-12-6-1-2-7-13(12)16-9-17-14;/h1-9H,(H,16,17,18);1H. The van der Waals surface area contributed by atoms with Crippen molar-refractivity contribution in [2.45, 2.75) is 0 Å². The number of fused-ring (bicyclic) bond motifs is 1. The van der Waals surface area contributed by atoms with Crippen LogP contribution in [0.1, 0.15) is 0 Å². The van der Waals surface area contributed by atoms with E-state index in [9.17, 15) is 4.39 Å². The average molecular weight is 276 g/mol. The summed E-state index contributed by atoms with van der Waals surface area (Å²) in [5.74, 6) is 0.393. The quantitative estimate of drug-likeness (QED) is 0.770. The van der Waals surface area contributed by atoms with Crippen LogP contribution in [0.2, 0.25) is 0 Å². The van der Waals surface area contributed by atoms with E-state index in [-0.39, 0.29) is 18.2 Å². The molecule has 0 amide bonds. The third kappa shape index (κ3) is 2.80. The van der Waals surface area contributed by atoms with Crippen molar-refractivity contribution in [3.05, 3.63) is 60.7 Å². The van der Waals surface area contributed by atoms with Crippen molar-refractivity contribution < 1.29 is 4.39 Å². The molecule has 0 radical (unpaired) electrons. The van der Waals surface area contributed by atoms with E-state index in [0.29, 0.717) is 11.5 Å². The number of benzene rings is 2. The maximum absolute atomic E-state index is 13.1. The minimum Gasteiger partial charge on any atom is -0.340 e. The first kappa shape index (κ1) is 13.2. The van der Waals surface area contributed by atoms with Gasteiger partial charge in [0.2, 0.25) is 0 Å². The number of nitrogens with zero attached hydrogens (tertiary/aromatic N) is 2. The van der Waals surface area contributed by atoms with E-state index in [4.69, 9.17) is 0 Å². The van der Waals surface area contributed by atoms with Gasteiger partial charge in [0.25, 0.3) is 0 Å². The molecule has 1 N–H and O–H groups in total. The number of para-hydroxylation sites is 1. The van der Waals surface area contributed by atoms with Gasteiger partial charge in [-0.25, -0.2) is 14.4 Å². The molecule has 0 saturated carbocycles. The van der Waals surface area contributed by atoms with Gasteiger partial charge >= 0.3 is 0 Å². The molecule has 96 valence electrons. The molecule has 3 rings (SSSR count). The van der Waals surface area contributed by atoms with Gasteiger partial charge in [0.15, 0.2) is 0 Å². The Hall–Kier alpha value is -2.20. The molecular weight excluding hydrogens is 265 g/mol. The van der Waals surface area contributed by atoms with E-state index < -0.39 is 0 Å². The van der Waals surface area contributed by atoms with Gasteiger partial charge < -0.3 is 5.32 Å². The Morgan fingerprint density at radius 3 is 2.63 bits per heavy atom. The van der Waals surface area contributed by atoms with Crippen LogP contribution in [0.15, 0.2) is 54.9 Å². The van der Waals surface area contributed by atoms with Crippen LogP contribution in [0.5, 0.6) is 0 Å². The summed E-state index contributed by atoms with van der Waals surface area (Å²) in [6.07, 6.45) is 1.49. The van der Waals surface area contributed by atoms with Crippen LogP contribution >= 0.6 is 12.4 Å².